The van der Waals surface area contributed by atoms with Crippen molar-refractivity contribution >= 4 is 16.8 Å². The van der Waals surface area contributed by atoms with Gasteiger partial charge in [0.25, 0.3) is 5.91 Å². The third-order valence-corrected chi connectivity index (χ3v) is 3.57. The van der Waals surface area contributed by atoms with Crippen LogP contribution in [0.25, 0.3) is 10.9 Å². The number of aliphatic hydroxyl groups excluding tert-OH is 1. The molecule has 0 saturated carbocycles. The Morgan fingerprint density at radius 2 is 2.32 bits per heavy atom. The number of aliphatic hydroxyl groups is 1. The van der Waals surface area contributed by atoms with Gasteiger partial charge in [-0.25, -0.2) is 4.39 Å². The van der Waals surface area contributed by atoms with Crippen LogP contribution >= 0.6 is 0 Å². The maximum atomic E-state index is 13.8. The van der Waals surface area contributed by atoms with Gasteiger partial charge in [-0.2, -0.15) is 0 Å². The lowest BCUT2D eigenvalue weighted by atomic mass is 10.1. The summed E-state index contributed by atoms with van der Waals surface area (Å²) >= 11 is 0. The number of nitrogens with zero attached hydrogens (tertiary/aromatic N) is 1. The third-order valence-electron chi connectivity index (χ3n) is 3.57. The van der Waals surface area contributed by atoms with Crippen LogP contribution in [0.2, 0.25) is 0 Å². The number of H-pyrrole nitrogens is 1. The number of likely N-dealkylation sites (tertiary alicyclic amines) is 1. The summed E-state index contributed by atoms with van der Waals surface area (Å²) in [5.41, 5.74) is 0.947. The Labute approximate surface area is 109 Å². The van der Waals surface area contributed by atoms with Crippen LogP contribution in [0.5, 0.6) is 0 Å². The van der Waals surface area contributed by atoms with Crippen molar-refractivity contribution in [2.45, 2.75) is 18.9 Å². The molecule has 19 heavy (non-hydrogen) atoms. The zero-order chi connectivity index (χ0) is 13.4. The van der Waals surface area contributed by atoms with Crippen molar-refractivity contribution in [2.75, 3.05) is 13.1 Å². The Morgan fingerprint density at radius 3 is 3.11 bits per heavy atom. The van der Waals surface area contributed by atoms with E-state index >= 15 is 0 Å². The van der Waals surface area contributed by atoms with Crippen LogP contribution in [0, 0.1) is 5.82 Å². The van der Waals surface area contributed by atoms with Gasteiger partial charge >= 0.3 is 0 Å². The fourth-order valence-electron chi connectivity index (χ4n) is 2.62. The van der Waals surface area contributed by atoms with Gasteiger partial charge in [0.1, 0.15) is 5.82 Å². The van der Waals surface area contributed by atoms with Crippen molar-refractivity contribution in [3.8, 4) is 0 Å². The van der Waals surface area contributed by atoms with E-state index in [1.807, 2.05) is 0 Å². The number of nitrogens with one attached hydrogen (secondary N) is 1. The summed E-state index contributed by atoms with van der Waals surface area (Å²) in [6.45, 7) is 0.928. The first kappa shape index (κ1) is 12.2. The number of hydrogen-bond acceptors (Lipinski definition) is 2. The number of halogens is 1. The molecule has 0 radical (unpaired) electrons. The molecule has 1 saturated heterocycles. The van der Waals surface area contributed by atoms with E-state index in [4.69, 9.17) is 0 Å². The minimum Gasteiger partial charge on any atom is -0.391 e. The molecule has 2 heterocycles. The zero-order valence-electron chi connectivity index (χ0n) is 10.4. The van der Waals surface area contributed by atoms with Gasteiger partial charge in [0.15, 0.2) is 0 Å². The molecule has 1 aliphatic rings. The van der Waals surface area contributed by atoms with Crippen molar-refractivity contribution in [2.24, 2.45) is 0 Å². The lowest BCUT2D eigenvalue weighted by Crippen LogP contribution is -2.42. The lowest BCUT2D eigenvalue weighted by Gasteiger charge is -2.30. The SMILES string of the molecule is O=C(c1c[nH]c2cccc(F)c12)N1CCCC(O)C1. The Kier molecular flexibility index (Phi) is 2.98. The van der Waals surface area contributed by atoms with Crippen LogP contribution in [0.3, 0.4) is 0 Å². The summed E-state index contributed by atoms with van der Waals surface area (Å²) in [5, 5.41) is 9.94. The van der Waals surface area contributed by atoms with E-state index < -0.39 is 11.9 Å². The molecule has 1 amide bonds. The predicted octanol–water partition coefficient (Wildman–Crippen LogP) is 1.90. The maximum absolute atomic E-state index is 13.8. The number of β-amino-alcohol motifs (C(OH)–C–C–N with tert-alkyl or cyclic N) is 1. The summed E-state index contributed by atoms with van der Waals surface area (Å²) in [5.74, 6) is -0.630. The van der Waals surface area contributed by atoms with Gasteiger partial charge in [0.2, 0.25) is 0 Å². The largest absolute Gasteiger partial charge is 0.391 e. The van der Waals surface area contributed by atoms with Gasteiger partial charge in [0, 0.05) is 30.2 Å². The number of carbonyl (C=O) groups excluding carboxylic acids is 1. The van der Waals surface area contributed by atoms with Crippen molar-refractivity contribution in [3.05, 3.63) is 35.8 Å². The van der Waals surface area contributed by atoms with Crippen molar-refractivity contribution < 1.29 is 14.3 Å². The van der Waals surface area contributed by atoms with Gasteiger partial charge in [-0.15, -0.1) is 0 Å². The molecule has 4 nitrogen and oxygen atoms in total. The molecule has 1 aliphatic heterocycles. The Balaban J connectivity index is 1.97. The van der Waals surface area contributed by atoms with Gasteiger partial charge in [0.05, 0.1) is 11.7 Å². The smallest absolute Gasteiger partial charge is 0.256 e. The summed E-state index contributed by atoms with van der Waals surface area (Å²) in [4.78, 5) is 16.9. The molecule has 0 aliphatic carbocycles. The molecular weight excluding hydrogens is 247 g/mol. The average molecular weight is 262 g/mol. The summed E-state index contributed by atoms with van der Waals surface area (Å²) < 4.78 is 13.8. The molecule has 1 fully saturated rings. The Morgan fingerprint density at radius 1 is 1.47 bits per heavy atom. The van der Waals surface area contributed by atoms with E-state index in [1.165, 1.54) is 12.3 Å². The standard InChI is InChI=1S/C14H15FN2O2/c15-11-4-1-5-12-13(11)10(7-16-12)14(19)17-6-2-3-9(18)8-17/h1,4-5,7,9,16,18H,2-3,6,8H2. The highest BCUT2D eigenvalue weighted by atomic mass is 19.1. The quantitative estimate of drug-likeness (QED) is 0.824. The number of fused-ring (bicyclic) bond motifs is 1. The van der Waals surface area contributed by atoms with Crippen LogP contribution in [0.4, 0.5) is 4.39 Å². The Hall–Kier alpha value is -1.88. The Bertz CT molecular complexity index is 623. The van der Waals surface area contributed by atoms with Crippen LogP contribution in [-0.2, 0) is 0 Å². The number of rotatable bonds is 1. The second kappa shape index (κ2) is 4.66. The molecule has 1 aromatic heterocycles. The van der Waals surface area contributed by atoms with Gasteiger partial charge in [-0.05, 0) is 25.0 Å². The van der Waals surface area contributed by atoms with Gasteiger partial charge in [-0.3, -0.25) is 4.79 Å². The fraction of sp³-hybridized carbons (Fsp3) is 0.357. The second-order valence-corrected chi connectivity index (χ2v) is 4.91. The molecule has 5 heteroatoms. The average Bonchev–Trinajstić information content (AvgIpc) is 2.83. The van der Waals surface area contributed by atoms with E-state index in [0.29, 0.717) is 36.0 Å². The van der Waals surface area contributed by atoms with Gasteiger partial charge in [-0.1, -0.05) is 6.07 Å². The molecule has 100 valence electrons. The topological polar surface area (TPSA) is 56.3 Å². The number of aromatic nitrogens is 1. The molecule has 1 atom stereocenters. The molecule has 2 N–H and O–H groups in total. The van der Waals surface area contributed by atoms with E-state index in [-0.39, 0.29) is 5.91 Å². The minimum absolute atomic E-state index is 0.227. The van der Waals surface area contributed by atoms with E-state index in [1.54, 1.807) is 17.0 Å². The molecular formula is C14H15FN2O2. The predicted molar refractivity (Wildman–Crippen MR) is 69.4 cm³/mol. The van der Waals surface area contributed by atoms with E-state index in [0.717, 1.165) is 6.42 Å². The van der Waals surface area contributed by atoms with E-state index in [9.17, 15) is 14.3 Å². The minimum atomic E-state index is -0.479. The molecule has 0 bridgehead atoms. The van der Waals surface area contributed by atoms with Crippen LogP contribution < -0.4 is 0 Å². The highest BCUT2D eigenvalue weighted by molar-refractivity contribution is 6.06. The van der Waals surface area contributed by atoms with Crippen LogP contribution in [0.15, 0.2) is 24.4 Å². The van der Waals surface area contributed by atoms with Crippen molar-refractivity contribution in [1.82, 2.24) is 9.88 Å². The first-order chi connectivity index (χ1) is 9.16. The highest BCUT2D eigenvalue weighted by Crippen LogP contribution is 2.24. The first-order valence-corrected chi connectivity index (χ1v) is 6.40. The number of benzene rings is 1. The van der Waals surface area contributed by atoms with Crippen LogP contribution in [-0.4, -0.2) is 40.1 Å². The lowest BCUT2D eigenvalue weighted by molar-refractivity contribution is 0.0475. The van der Waals surface area contributed by atoms with E-state index in [2.05, 4.69) is 4.98 Å². The first-order valence-electron chi connectivity index (χ1n) is 6.40. The number of amides is 1. The summed E-state index contributed by atoms with van der Waals surface area (Å²) in [6.07, 6.45) is 2.55. The van der Waals surface area contributed by atoms with Crippen molar-refractivity contribution in [3.63, 3.8) is 0 Å². The van der Waals surface area contributed by atoms with Crippen LogP contribution in [0.1, 0.15) is 23.2 Å². The molecule has 1 unspecified atom stereocenters. The van der Waals surface area contributed by atoms with Crippen molar-refractivity contribution in [1.29, 1.82) is 0 Å². The molecule has 3 rings (SSSR count). The highest BCUT2D eigenvalue weighted by Gasteiger charge is 2.25. The molecule has 0 spiro atoms. The third kappa shape index (κ3) is 2.10. The summed E-state index contributed by atoms with van der Waals surface area (Å²) in [6, 6.07) is 4.69. The number of piperidine rings is 1. The normalized spacial score (nSPS) is 19.9. The fourth-order valence-corrected chi connectivity index (χ4v) is 2.62. The number of hydrogen-bond donors (Lipinski definition) is 2. The maximum Gasteiger partial charge on any atom is 0.256 e. The second-order valence-electron chi connectivity index (χ2n) is 4.91. The molecule has 2 aromatic rings. The molecule has 1 aromatic carbocycles. The number of carbonyl (C=O) groups is 1. The zero-order valence-corrected chi connectivity index (χ0v) is 10.4. The summed E-state index contributed by atoms with van der Waals surface area (Å²) in [7, 11) is 0. The number of aromatic amines is 1. The van der Waals surface area contributed by atoms with Gasteiger partial charge < -0.3 is 15.0 Å². The monoisotopic (exact) mass is 262 g/mol.